The van der Waals surface area contributed by atoms with E-state index in [1.54, 1.807) is 23.1 Å². The summed E-state index contributed by atoms with van der Waals surface area (Å²) >= 11 is 3.36. The Hall–Kier alpha value is -1.25. The highest BCUT2D eigenvalue weighted by atomic mass is 32.2. The molecule has 3 rings (SSSR count). The number of piperidine rings is 1. The third kappa shape index (κ3) is 4.86. The SMILES string of the molecule is Cc1nc(NCCSc2nnc(C)s2)cc([C@@H]2CCCNC2)n1. The van der Waals surface area contributed by atoms with Gasteiger partial charge in [0, 0.05) is 30.8 Å². The van der Waals surface area contributed by atoms with E-state index < -0.39 is 0 Å². The Bertz CT molecular complexity index is 639. The zero-order chi connectivity index (χ0) is 16.1. The minimum atomic E-state index is 0.504. The van der Waals surface area contributed by atoms with E-state index >= 15 is 0 Å². The molecule has 0 radical (unpaired) electrons. The number of nitrogens with zero attached hydrogens (tertiary/aromatic N) is 4. The van der Waals surface area contributed by atoms with Gasteiger partial charge in [0.05, 0.1) is 5.69 Å². The van der Waals surface area contributed by atoms with Gasteiger partial charge >= 0.3 is 0 Å². The molecule has 2 aromatic rings. The molecule has 1 aliphatic heterocycles. The topological polar surface area (TPSA) is 75.6 Å². The number of rotatable bonds is 6. The molecule has 1 fully saturated rings. The van der Waals surface area contributed by atoms with Crippen molar-refractivity contribution in [1.29, 1.82) is 0 Å². The van der Waals surface area contributed by atoms with E-state index in [4.69, 9.17) is 0 Å². The molecule has 0 bridgehead atoms. The third-order valence-corrected chi connectivity index (χ3v) is 5.69. The predicted molar refractivity (Wildman–Crippen MR) is 95.5 cm³/mol. The fourth-order valence-corrected chi connectivity index (χ4v) is 4.39. The van der Waals surface area contributed by atoms with Crippen LogP contribution in [0.5, 0.6) is 0 Å². The Morgan fingerprint density at radius 2 is 2.26 bits per heavy atom. The van der Waals surface area contributed by atoms with Gasteiger partial charge in [-0.3, -0.25) is 0 Å². The Morgan fingerprint density at radius 3 is 3.00 bits per heavy atom. The molecule has 6 nitrogen and oxygen atoms in total. The van der Waals surface area contributed by atoms with Gasteiger partial charge in [0.1, 0.15) is 16.6 Å². The number of aromatic nitrogens is 4. The number of hydrogen-bond acceptors (Lipinski definition) is 8. The fraction of sp³-hybridized carbons (Fsp3) is 0.600. The van der Waals surface area contributed by atoms with Crippen molar-refractivity contribution < 1.29 is 0 Å². The summed E-state index contributed by atoms with van der Waals surface area (Å²) in [6, 6.07) is 2.10. The minimum Gasteiger partial charge on any atom is -0.369 e. The maximum absolute atomic E-state index is 4.62. The van der Waals surface area contributed by atoms with Crippen LogP contribution in [0.25, 0.3) is 0 Å². The molecule has 0 aliphatic carbocycles. The molecule has 3 heterocycles. The summed E-state index contributed by atoms with van der Waals surface area (Å²) in [5.74, 6) is 3.21. The van der Waals surface area contributed by atoms with Crippen molar-refractivity contribution >= 4 is 28.9 Å². The molecule has 2 N–H and O–H groups in total. The van der Waals surface area contributed by atoms with E-state index in [0.717, 1.165) is 52.1 Å². The zero-order valence-corrected chi connectivity index (χ0v) is 15.1. The lowest BCUT2D eigenvalue weighted by Crippen LogP contribution is -2.29. The van der Waals surface area contributed by atoms with Gasteiger partial charge in [-0.15, -0.1) is 10.2 Å². The van der Waals surface area contributed by atoms with Crippen molar-refractivity contribution in [3.05, 3.63) is 22.6 Å². The van der Waals surface area contributed by atoms with Gasteiger partial charge in [-0.25, -0.2) is 9.97 Å². The lowest BCUT2D eigenvalue weighted by Gasteiger charge is -2.22. The van der Waals surface area contributed by atoms with Crippen LogP contribution >= 0.6 is 23.1 Å². The molecule has 1 saturated heterocycles. The molecule has 8 heteroatoms. The summed E-state index contributed by atoms with van der Waals surface area (Å²) in [5, 5.41) is 16.0. The van der Waals surface area contributed by atoms with Gasteiger partial charge in [-0.2, -0.15) is 0 Å². The smallest absolute Gasteiger partial charge is 0.174 e. The first kappa shape index (κ1) is 16.6. The van der Waals surface area contributed by atoms with Crippen molar-refractivity contribution in [3.8, 4) is 0 Å². The van der Waals surface area contributed by atoms with Crippen molar-refractivity contribution in [2.24, 2.45) is 0 Å². The monoisotopic (exact) mass is 350 g/mol. The minimum absolute atomic E-state index is 0.504. The largest absolute Gasteiger partial charge is 0.369 e. The lowest BCUT2D eigenvalue weighted by atomic mass is 9.96. The van der Waals surface area contributed by atoms with Gasteiger partial charge in [-0.1, -0.05) is 23.1 Å². The first-order valence-corrected chi connectivity index (χ1v) is 9.74. The van der Waals surface area contributed by atoms with Crippen molar-refractivity contribution in [1.82, 2.24) is 25.5 Å². The number of hydrogen-bond donors (Lipinski definition) is 2. The molecule has 124 valence electrons. The van der Waals surface area contributed by atoms with Gasteiger partial charge in [0.2, 0.25) is 0 Å². The van der Waals surface area contributed by atoms with Crippen molar-refractivity contribution in [2.75, 3.05) is 30.7 Å². The van der Waals surface area contributed by atoms with Gasteiger partial charge < -0.3 is 10.6 Å². The molecule has 23 heavy (non-hydrogen) atoms. The van der Waals surface area contributed by atoms with Crippen LogP contribution in [0, 0.1) is 13.8 Å². The summed E-state index contributed by atoms with van der Waals surface area (Å²) in [7, 11) is 0. The average Bonchev–Trinajstić information content (AvgIpc) is 2.97. The van der Waals surface area contributed by atoms with Gasteiger partial charge in [0.15, 0.2) is 4.34 Å². The van der Waals surface area contributed by atoms with Gasteiger partial charge in [-0.05, 0) is 33.2 Å². The van der Waals surface area contributed by atoms with Crippen LogP contribution in [-0.2, 0) is 0 Å². The summed E-state index contributed by atoms with van der Waals surface area (Å²) < 4.78 is 1.03. The predicted octanol–water partition coefficient (Wildman–Crippen LogP) is 2.62. The zero-order valence-electron chi connectivity index (χ0n) is 13.5. The molecule has 0 amide bonds. The number of nitrogens with one attached hydrogen (secondary N) is 2. The maximum Gasteiger partial charge on any atom is 0.174 e. The molecule has 0 saturated carbocycles. The van der Waals surface area contributed by atoms with Crippen LogP contribution in [0.2, 0.25) is 0 Å². The highest BCUT2D eigenvalue weighted by Gasteiger charge is 2.17. The molecule has 0 spiro atoms. The molecule has 2 aromatic heterocycles. The average molecular weight is 351 g/mol. The second-order valence-electron chi connectivity index (χ2n) is 5.63. The summed E-state index contributed by atoms with van der Waals surface area (Å²) in [4.78, 5) is 9.12. The molecule has 1 atom stereocenters. The fourth-order valence-electron chi connectivity index (χ4n) is 2.65. The molecule has 0 aromatic carbocycles. The van der Waals surface area contributed by atoms with Crippen LogP contribution in [0.3, 0.4) is 0 Å². The van der Waals surface area contributed by atoms with E-state index in [2.05, 4.69) is 36.9 Å². The van der Waals surface area contributed by atoms with Crippen molar-refractivity contribution in [3.63, 3.8) is 0 Å². The summed E-state index contributed by atoms with van der Waals surface area (Å²) in [6.45, 7) is 6.92. The molecule has 0 unspecified atom stereocenters. The second kappa shape index (κ2) is 8.03. The Balaban J connectivity index is 1.53. The second-order valence-corrected chi connectivity index (χ2v) is 8.15. The third-order valence-electron chi connectivity index (χ3n) is 3.71. The highest BCUT2D eigenvalue weighted by Crippen LogP contribution is 2.24. The molecule has 1 aliphatic rings. The van der Waals surface area contributed by atoms with Gasteiger partial charge in [0.25, 0.3) is 0 Å². The molecular formula is C15H22N6S2. The van der Waals surface area contributed by atoms with Crippen molar-refractivity contribution in [2.45, 2.75) is 36.9 Å². The van der Waals surface area contributed by atoms with E-state index in [-0.39, 0.29) is 0 Å². The van der Waals surface area contributed by atoms with Crippen LogP contribution in [0.1, 0.15) is 35.3 Å². The first-order chi connectivity index (χ1) is 11.2. The summed E-state index contributed by atoms with van der Waals surface area (Å²) in [6.07, 6.45) is 2.42. The van der Waals surface area contributed by atoms with E-state index in [9.17, 15) is 0 Å². The van der Waals surface area contributed by atoms with Crippen LogP contribution in [0.15, 0.2) is 10.4 Å². The lowest BCUT2D eigenvalue weighted by molar-refractivity contribution is 0.453. The van der Waals surface area contributed by atoms with E-state index in [0.29, 0.717) is 5.92 Å². The number of aryl methyl sites for hydroxylation is 2. The standard InChI is InChI=1S/C15H22N6S2/c1-10-18-13(12-4-3-5-16-9-12)8-14(19-10)17-6-7-22-15-21-20-11(2)23-15/h8,12,16H,3-7,9H2,1-2H3,(H,17,18,19)/t12-/m1/s1. The Morgan fingerprint density at radius 1 is 1.35 bits per heavy atom. The van der Waals surface area contributed by atoms with E-state index in [1.807, 2.05) is 13.8 Å². The highest BCUT2D eigenvalue weighted by molar-refractivity contribution is 8.01. The Kier molecular flexibility index (Phi) is 5.80. The van der Waals surface area contributed by atoms with Crippen LogP contribution in [-0.4, -0.2) is 45.6 Å². The Labute approximate surface area is 144 Å². The van der Waals surface area contributed by atoms with Crippen LogP contribution in [0.4, 0.5) is 5.82 Å². The van der Waals surface area contributed by atoms with E-state index in [1.165, 1.54) is 12.8 Å². The first-order valence-electron chi connectivity index (χ1n) is 7.94. The number of anilines is 1. The summed E-state index contributed by atoms with van der Waals surface area (Å²) in [5.41, 5.74) is 1.15. The quantitative estimate of drug-likeness (QED) is 0.612. The maximum atomic E-state index is 4.62. The van der Waals surface area contributed by atoms with Crippen LogP contribution < -0.4 is 10.6 Å². The number of thioether (sulfide) groups is 1. The molecular weight excluding hydrogens is 328 g/mol. The normalized spacial score (nSPS) is 18.1.